The minimum absolute atomic E-state index is 0.0403. The molecule has 0 saturated carbocycles. The van der Waals surface area contributed by atoms with E-state index in [4.69, 9.17) is 15.2 Å². The number of nitrogens with zero attached hydrogens (tertiary/aromatic N) is 1. The van der Waals surface area contributed by atoms with Gasteiger partial charge < -0.3 is 25.4 Å². The van der Waals surface area contributed by atoms with Gasteiger partial charge in [-0.25, -0.2) is 0 Å². The second kappa shape index (κ2) is 8.71. The number of nitrogens with one attached hydrogen (secondary N) is 1. The van der Waals surface area contributed by atoms with Crippen molar-refractivity contribution in [1.82, 2.24) is 10.2 Å². The molecule has 2 rings (SSSR count). The van der Waals surface area contributed by atoms with E-state index in [0.717, 1.165) is 19.4 Å². The first-order chi connectivity index (χ1) is 12.0. The predicted molar refractivity (Wildman–Crippen MR) is 94.8 cm³/mol. The van der Waals surface area contributed by atoms with E-state index in [1.54, 1.807) is 25.2 Å². The van der Waals surface area contributed by atoms with E-state index >= 15 is 0 Å². The number of amides is 2. The van der Waals surface area contributed by atoms with Crippen molar-refractivity contribution in [1.29, 1.82) is 0 Å². The van der Waals surface area contributed by atoms with Gasteiger partial charge in [0, 0.05) is 31.7 Å². The van der Waals surface area contributed by atoms with E-state index < -0.39 is 0 Å². The summed E-state index contributed by atoms with van der Waals surface area (Å²) in [6.45, 7) is 3.29. The maximum Gasteiger partial charge on any atom is 0.257 e. The highest BCUT2D eigenvalue weighted by molar-refractivity contribution is 5.95. The number of methoxy groups -OCH3 is 1. The molecule has 1 saturated heterocycles. The molecule has 1 aliphatic heterocycles. The van der Waals surface area contributed by atoms with Crippen molar-refractivity contribution in [3.05, 3.63) is 23.8 Å². The third kappa shape index (κ3) is 4.85. The average molecular weight is 349 g/mol. The Morgan fingerprint density at radius 3 is 2.80 bits per heavy atom. The van der Waals surface area contributed by atoms with Gasteiger partial charge >= 0.3 is 0 Å². The molecule has 1 fully saturated rings. The quantitative estimate of drug-likeness (QED) is 0.800. The standard InChI is InChI=1S/C18H27N3O4/c1-12(19)14-5-4-8-21(10-14)18(23)13-6-7-15(16(9-13)24-3)25-11-17(22)20-2/h6-7,9,12,14H,4-5,8,10-11,19H2,1-3H3,(H,20,22). The summed E-state index contributed by atoms with van der Waals surface area (Å²) in [5, 5.41) is 2.48. The second-order valence-corrected chi connectivity index (χ2v) is 6.34. The van der Waals surface area contributed by atoms with Gasteiger partial charge in [0.15, 0.2) is 18.1 Å². The number of likely N-dealkylation sites (tertiary alicyclic amines) is 1. The van der Waals surface area contributed by atoms with Gasteiger partial charge in [0.2, 0.25) is 0 Å². The highest BCUT2D eigenvalue weighted by atomic mass is 16.5. The smallest absolute Gasteiger partial charge is 0.257 e. The lowest BCUT2D eigenvalue weighted by Gasteiger charge is -2.34. The molecule has 0 bridgehead atoms. The molecule has 138 valence electrons. The van der Waals surface area contributed by atoms with Crippen LogP contribution in [-0.2, 0) is 4.79 Å². The van der Waals surface area contributed by atoms with Crippen molar-refractivity contribution in [2.24, 2.45) is 11.7 Å². The summed E-state index contributed by atoms with van der Waals surface area (Å²) < 4.78 is 10.7. The summed E-state index contributed by atoms with van der Waals surface area (Å²) in [5.74, 6) is 0.902. The molecule has 1 aromatic carbocycles. The third-order valence-electron chi connectivity index (χ3n) is 4.54. The molecule has 25 heavy (non-hydrogen) atoms. The number of likely N-dealkylation sites (N-methyl/N-ethyl adjacent to an activating group) is 1. The number of nitrogens with two attached hydrogens (primary N) is 1. The Hall–Kier alpha value is -2.28. The molecule has 1 aromatic rings. The molecule has 0 radical (unpaired) electrons. The van der Waals surface area contributed by atoms with Gasteiger partial charge in [-0.2, -0.15) is 0 Å². The van der Waals surface area contributed by atoms with E-state index in [-0.39, 0.29) is 24.5 Å². The first-order valence-electron chi connectivity index (χ1n) is 8.52. The van der Waals surface area contributed by atoms with Crippen LogP contribution in [0.25, 0.3) is 0 Å². The molecule has 3 N–H and O–H groups in total. The predicted octanol–water partition coefficient (Wildman–Crippen LogP) is 1.02. The molecule has 0 spiro atoms. The molecule has 7 nitrogen and oxygen atoms in total. The molecule has 7 heteroatoms. The van der Waals surface area contributed by atoms with Crippen LogP contribution in [0.5, 0.6) is 11.5 Å². The Labute approximate surface area is 148 Å². The Morgan fingerprint density at radius 1 is 1.40 bits per heavy atom. The van der Waals surface area contributed by atoms with E-state index in [2.05, 4.69) is 5.32 Å². The summed E-state index contributed by atoms with van der Waals surface area (Å²) >= 11 is 0. The molecule has 0 aliphatic carbocycles. The lowest BCUT2D eigenvalue weighted by molar-refractivity contribution is -0.122. The van der Waals surface area contributed by atoms with Gasteiger partial charge in [-0.3, -0.25) is 9.59 Å². The summed E-state index contributed by atoms with van der Waals surface area (Å²) in [4.78, 5) is 25.9. The molecule has 0 aromatic heterocycles. The summed E-state index contributed by atoms with van der Waals surface area (Å²) in [6, 6.07) is 5.07. The minimum atomic E-state index is -0.238. The van der Waals surface area contributed by atoms with Gasteiger partial charge in [0.05, 0.1) is 7.11 Å². The normalized spacial score (nSPS) is 18.4. The van der Waals surface area contributed by atoms with E-state index in [9.17, 15) is 9.59 Å². The molecule has 2 unspecified atom stereocenters. The lowest BCUT2D eigenvalue weighted by atomic mass is 9.92. The Kier molecular flexibility index (Phi) is 6.64. The maximum atomic E-state index is 12.8. The van der Waals surface area contributed by atoms with Crippen LogP contribution in [0.1, 0.15) is 30.1 Å². The number of hydrogen-bond donors (Lipinski definition) is 2. The van der Waals surface area contributed by atoms with Crippen LogP contribution in [-0.4, -0.2) is 56.6 Å². The fourth-order valence-corrected chi connectivity index (χ4v) is 2.94. The van der Waals surface area contributed by atoms with Crippen molar-refractivity contribution in [3.63, 3.8) is 0 Å². The minimum Gasteiger partial charge on any atom is -0.493 e. The monoisotopic (exact) mass is 349 g/mol. The number of carbonyl (C=O) groups excluding carboxylic acids is 2. The van der Waals surface area contributed by atoms with E-state index in [1.807, 2.05) is 11.8 Å². The largest absolute Gasteiger partial charge is 0.493 e. The first-order valence-corrected chi connectivity index (χ1v) is 8.52. The van der Waals surface area contributed by atoms with Gasteiger partial charge in [-0.05, 0) is 43.9 Å². The molecule has 1 aliphatic rings. The Morgan fingerprint density at radius 2 is 2.16 bits per heavy atom. The third-order valence-corrected chi connectivity index (χ3v) is 4.54. The summed E-state index contributed by atoms with van der Waals surface area (Å²) in [5.41, 5.74) is 6.53. The summed E-state index contributed by atoms with van der Waals surface area (Å²) in [6.07, 6.45) is 2.01. The second-order valence-electron chi connectivity index (χ2n) is 6.34. The molecular formula is C18H27N3O4. The zero-order valence-corrected chi connectivity index (χ0v) is 15.1. The molecule has 1 heterocycles. The fourth-order valence-electron chi connectivity index (χ4n) is 2.94. The lowest BCUT2D eigenvalue weighted by Crippen LogP contribution is -2.45. The van der Waals surface area contributed by atoms with Crippen LogP contribution < -0.4 is 20.5 Å². The number of rotatable bonds is 6. The van der Waals surface area contributed by atoms with Crippen molar-refractivity contribution in [2.75, 3.05) is 33.9 Å². The van der Waals surface area contributed by atoms with E-state index in [0.29, 0.717) is 29.5 Å². The van der Waals surface area contributed by atoms with E-state index in [1.165, 1.54) is 7.11 Å². The number of hydrogen-bond acceptors (Lipinski definition) is 5. The number of carbonyl (C=O) groups is 2. The average Bonchev–Trinajstić information content (AvgIpc) is 2.65. The van der Waals surface area contributed by atoms with Crippen molar-refractivity contribution in [2.45, 2.75) is 25.8 Å². The van der Waals surface area contributed by atoms with Crippen LogP contribution in [0.4, 0.5) is 0 Å². The van der Waals surface area contributed by atoms with Gasteiger partial charge in [0.25, 0.3) is 11.8 Å². The van der Waals surface area contributed by atoms with Crippen molar-refractivity contribution < 1.29 is 19.1 Å². The molecule has 2 atom stereocenters. The maximum absolute atomic E-state index is 12.8. The zero-order valence-electron chi connectivity index (χ0n) is 15.1. The van der Waals surface area contributed by atoms with Crippen molar-refractivity contribution in [3.8, 4) is 11.5 Å². The number of ether oxygens (including phenoxy) is 2. The van der Waals surface area contributed by atoms with Crippen LogP contribution >= 0.6 is 0 Å². The Bertz CT molecular complexity index is 618. The number of benzene rings is 1. The SMILES string of the molecule is CNC(=O)COc1ccc(C(=O)N2CCCC(C(C)N)C2)cc1OC. The number of piperidine rings is 1. The van der Waals surface area contributed by atoms with Crippen LogP contribution in [0, 0.1) is 5.92 Å². The summed E-state index contributed by atoms with van der Waals surface area (Å²) in [7, 11) is 3.04. The van der Waals surface area contributed by atoms with Gasteiger partial charge in [0.1, 0.15) is 0 Å². The topological polar surface area (TPSA) is 93.9 Å². The first kappa shape index (κ1) is 19.1. The fraction of sp³-hybridized carbons (Fsp3) is 0.556. The molecular weight excluding hydrogens is 322 g/mol. The van der Waals surface area contributed by atoms with Crippen LogP contribution in [0.3, 0.4) is 0 Å². The Balaban J connectivity index is 2.10. The van der Waals surface area contributed by atoms with Gasteiger partial charge in [-0.15, -0.1) is 0 Å². The van der Waals surface area contributed by atoms with Gasteiger partial charge in [-0.1, -0.05) is 0 Å². The highest BCUT2D eigenvalue weighted by Crippen LogP contribution is 2.29. The van der Waals surface area contributed by atoms with Crippen LogP contribution in [0.15, 0.2) is 18.2 Å². The van der Waals surface area contributed by atoms with Crippen molar-refractivity contribution >= 4 is 11.8 Å². The highest BCUT2D eigenvalue weighted by Gasteiger charge is 2.27. The molecule has 2 amide bonds. The van der Waals surface area contributed by atoms with Crippen LogP contribution in [0.2, 0.25) is 0 Å². The zero-order chi connectivity index (χ0) is 18.4.